The minimum absolute atomic E-state index is 0.214. The van der Waals surface area contributed by atoms with Crippen LogP contribution in [0.4, 0.5) is 4.79 Å². The second-order valence-electron chi connectivity index (χ2n) is 9.75. The van der Waals surface area contributed by atoms with E-state index in [1.807, 2.05) is 20.8 Å². The predicted octanol–water partition coefficient (Wildman–Crippen LogP) is 4.19. The maximum Gasteiger partial charge on any atom is 0.407 e. The van der Waals surface area contributed by atoms with Crippen molar-refractivity contribution in [2.24, 2.45) is 11.3 Å². The van der Waals surface area contributed by atoms with E-state index in [2.05, 4.69) is 31.0 Å². The Kier molecular flexibility index (Phi) is 5.65. The van der Waals surface area contributed by atoms with Crippen LogP contribution in [0.25, 0.3) is 0 Å². The standard InChI is InChI=1S/C19H36N2O2/c1-18(2,3)11-14-10-15(20-17(22)23-19(4,5)6)13-21(12-14)16-8-7-9-16/h14-16H,7-13H2,1-6H3,(H,20,22). The highest BCUT2D eigenvalue weighted by atomic mass is 16.6. The molecule has 1 heterocycles. The third-order valence-corrected chi connectivity index (χ3v) is 4.78. The average Bonchev–Trinajstić information content (AvgIpc) is 2.19. The van der Waals surface area contributed by atoms with Gasteiger partial charge in [0.2, 0.25) is 0 Å². The van der Waals surface area contributed by atoms with Gasteiger partial charge in [0.15, 0.2) is 0 Å². The van der Waals surface area contributed by atoms with Crippen molar-refractivity contribution in [1.82, 2.24) is 10.2 Å². The molecule has 2 rings (SSSR count). The third kappa shape index (κ3) is 6.33. The highest BCUT2D eigenvalue weighted by molar-refractivity contribution is 5.68. The van der Waals surface area contributed by atoms with E-state index in [0.29, 0.717) is 11.3 Å². The van der Waals surface area contributed by atoms with Crippen LogP contribution in [0.2, 0.25) is 0 Å². The fraction of sp³-hybridized carbons (Fsp3) is 0.947. The maximum atomic E-state index is 12.1. The van der Waals surface area contributed by atoms with Gasteiger partial charge in [-0.2, -0.15) is 0 Å². The second-order valence-corrected chi connectivity index (χ2v) is 9.75. The fourth-order valence-electron chi connectivity index (χ4n) is 3.88. The number of rotatable bonds is 3. The van der Waals surface area contributed by atoms with Crippen LogP contribution in [-0.4, -0.2) is 41.8 Å². The summed E-state index contributed by atoms with van der Waals surface area (Å²) >= 11 is 0. The van der Waals surface area contributed by atoms with Crippen LogP contribution < -0.4 is 5.32 Å². The largest absolute Gasteiger partial charge is 0.444 e. The first-order valence-electron chi connectivity index (χ1n) is 9.25. The van der Waals surface area contributed by atoms with Crippen molar-refractivity contribution in [3.8, 4) is 0 Å². The maximum absolute atomic E-state index is 12.1. The molecule has 1 amide bonds. The van der Waals surface area contributed by atoms with Gasteiger partial charge in [0.25, 0.3) is 0 Å². The first kappa shape index (κ1) is 18.6. The van der Waals surface area contributed by atoms with Gasteiger partial charge >= 0.3 is 6.09 Å². The summed E-state index contributed by atoms with van der Waals surface area (Å²) in [4.78, 5) is 14.7. The van der Waals surface area contributed by atoms with E-state index in [9.17, 15) is 4.79 Å². The van der Waals surface area contributed by atoms with Gasteiger partial charge in [-0.05, 0) is 57.8 Å². The number of hydrogen-bond donors (Lipinski definition) is 1. The molecule has 0 spiro atoms. The lowest BCUT2D eigenvalue weighted by molar-refractivity contribution is 0.0284. The third-order valence-electron chi connectivity index (χ3n) is 4.78. The summed E-state index contributed by atoms with van der Waals surface area (Å²) < 4.78 is 5.44. The van der Waals surface area contributed by atoms with Gasteiger partial charge in [-0.1, -0.05) is 27.2 Å². The van der Waals surface area contributed by atoms with E-state index in [-0.39, 0.29) is 12.1 Å². The molecule has 1 aliphatic carbocycles. The summed E-state index contributed by atoms with van der Waals surface area (Å²) in [6.45, 7) is 14.8. The van der Waals surface area contributed by atoms with Crippen LogP contribution in [0, 0.1) is 11.3 Å². The highest BCUT2D eigenvalue weighted by Crippen LogP contribution is 2.34. The molecule has 1 aliphatic heterocycles. The van der Waals surface area contributed by atoms with Crippen molar-refractivity contribution >= 4 is 6.09 Å². The Labute approximate surface area is 142 Å². The summed E-state index contributed by atoms with van der Waals surface area (Å²) in [5, 5.41) is 3.12. The molecule has 4 heteroatoms. The number of nitrogens with one attached hydrogen (secondary N) is 1. The molecule has 1 saturated heterocycles. The molecule has 4 nitrogen and oxygen atoms in total. The van der Waals surface area contributed by atoms with Crippen molar-refractivity contribution in [3.63, 3.8) is 0 Å². The number of carbonyl (C=O) groups is 1. The molecule has 0 aromatic rings. The molecule has 0 radical (unpaired) electrons. The lowest BCUT2D eigenvalue weighted by atomic mass is 9.78. The first-order chi connectivity index (χ1) is 10.5. The van der Waals surface area contributed by atoms with E-state index in [1.54, 1.807) is 0 Å². The SMILES string of the molecule is CC(C)(C)CC1CC(NC(=O)OC(C)(C)C)CN(C2CCC2)C1. The molecular weight excluding hydrogens is 288 g/mol. The molecule has 2 unspecified atom stereocenters. The van der Waals surface area contributed by atoms with Crippen molar-refractivity contribution < 1.29 is 9.53 Å². The lowest BCUT2D eigenvalue weighted by Gasteiger charge is -2.46. The molecular formula is C19H36N2O2. The summed E-state index contributed by atoms with van der Waals surface area (Å²) in [6, 6.07) is 0.951. The zero-order valence-electron chi connectivity index (χ0n) is 15.9. The molecule has 2 aliphatic rings. The Bertz CT molecular complexity index is 405. The van der Waals surface area contributed by atoms with E-state index >= 15 is 0 Å². The van der Waals surface area contributed by atoms with Crippen molar-refractivity contribution in [3.05, 3.63) is 0 Å². The van der Waals surface area contributed by atoms with Crippen LogP contribution in [0.3, 0.4) is 0 Å². The van der Waals surface area contributed by atoms with Gasteiger partial charge in [0.1, 0.15) is 5.60 Å². The first-order valence-corrected chi connectivity index (χ1v) is 9.25. The number of amides is 1. The Morgan fingerprint density at radius 2 is 1.78 bits per heavy atom. The van der Waals surface area contributed by atoms with Crippen LogP contribution in [0.15, 0.2) is 0 Å². The van der Waals surface area contributed by atoms with Crippen LogP contribution in [0.1, 0.15) is 73.6 Å². The number of carbonyl (C=O) groups excluding carboxylic acids is 1. The molecule has 23 heavy (non-hydrogen) atoms. The van der Waals surface area contributed by atoms with E-state index in [4.69, 9.17) is 4.74 Å². The zero-order chi connectivity index (χ0) is 17.3. The fourth-order valence-corrected chi connectivity index (χ4v) is 3.88. The minimum Gasteiger partial charge on any atom is -0.444 e. The summed E-state index contributed by atoms with van der Waals surface area (Å²) in [5.41, 5.74) is -0.0963. The summed E-state index contributed by atoms with van der Waals surface area (Å²) in [7, 11) is 0. The Morgan fingerprint density at radius 3 is 2.26 bits per heavy atom. The van der Waals surface area contributed by atoms with Gasteiger partial charge in [0, 0.05) is 25.2 Å². The number of hydrogen-bond acceptors (Lipinski definition) is 3. The molecule has 1 saturated carbocycles. The van der Waals surface area contributed by atoms with Crippen LogP contribution >= 0.6 is 0 Å². The molecule has 2 atom stereocenters. The van der Waals surface area contributed by atoms with Crippen molar-refractivity contribution in [2.45, 2.75) is 91.3 Å². The highest BCUT2D eigenvalue weighted by Gasteiger charge is 2.36. The van der Waals surface area contributed by atoms with Crippen molar-refractivity contribution in [2.75, 3.05) is 13.1 Å². The monoisotopic (exact) mass is 324 g/mol. The Hall–Kier alpha value is -0.770. The van der Waals surface area contributed by atoms with E-state index in [0.717, 1.165) is 19.0 Å². The number of piperidine rings is 1. The van der Waals surface area contributed by atoms with Crippen LogP contribution in [-0.2, 0) is 4.74 Å². The van der Waals surface area contributed by atoms with Crippen LogP contribution in [0.5, 0.6) is 0 Å². The number of nitrogens with zero attached hydrogens (tertiary/aromatic N) is 1. The quantitative estimate of drug-likeness (QED) is 0.846. The molecule has 2 fully saturated rings. The Morgan fingerprint density at radius 1 is 1.13 bits per heavy atom. The zero-order valence-corrected chi connectivity index (χ0v) is 15.9. The topological polar surface area (TPSA) is 41.6 Å². The molecule has 1 N–H and O–H groups in total. The number of likely N-dealkylation sites (tertiary alicyclic amines) is 1. The smallest absolute Gasteiger partial charge is 0.407 e. The molecule has 0 aromatic carbocycles. The lowest BCUT2D eigenvalue weighted by Crippen LogP contribution is -2.56. The van der Waals surface area contributed by atoms with E-state index < -0.39 is 5.60 Å². The van der Waals surface area contributed by atoms with Gasteiger partial charge in [0.05, 0.1) is 0 Å². The van der Waals surface area contributed by atoms with Gasteiger partial charge < -0.3 is 10.1 Å². The normalized spacial score (nSPS) is 27.4. The van der Waals surface area contributed by atoms with Gasteiger partial charge in [-0.3, -0.25) is 4.90 Å². The van der Waals surface area contributed by atoms with E-state index in [1.165, 1.54) is 32.2 Å². The van der Waals surface area contributed by atoms with Crippen molar-refractivity contribution in [1.29, 1.82) is 0 Å². The second kappa shape index (κ2) is 7.00. The summed E-state index contributed by atoms with van der Waals surface area (Å²) in [6.07, 6.45) is 6.01. The summed E-state index contributed by atoms with van der Waals surface area (Å²) in [5.74, 6) is 0.657. The average molecular weight is 325 g/mol. The molecule has 0 aromatic heterocycles. The van der Waals surface area contributed by atoms with Gasteiger partial charge in [-0.15, -0.1) is 0 Å². The minimum atomic E-state index is -0.433. The predicted molar refractivity (Wildman–Crippen MR) is 94.5 cm³/mol. The molecule has 134 valence electrons. The van der Waals surface area contributed by atoms with Gasteiger partial charge in [-0.25, -0.2) is 4.79 Å². The number of alkyl carbamates (subject to hydrolysis) is 1. The Balaban J connectivity index is 1.95. The molecule has 0 bridgehead atoms. The number of ether oxygens (including phenoxy) is 1.